The molecule has 0 aliphatic heterocycles. The van der Waals surface area contributed by atoms with Gasteiger partial charge in [0.25, 0.3) is 5.91 Å². The van der Waals surface area contributed by atoms with Crippen LogP contribution in [0, 0.1) is 13.8 Å². The van der Waals surface area contributed by atoms with Crippen molar-refractivity contribution in [3.8, 4) is 0 Å². The van der Waals surface area contributed by atoms with Gasteiger partial charge in [0.05, 0.1) is 0 Å². The van der Waals surface area contributed by atoms with Gasteiger partial charge in [0, 0.05) is 25.4 Å². The number of aryl methyl sites for hydroxylation is 2. The molecule has 0 unspecified atom stereocenters. The fraction of sp³-hybridized carbons (Fsp3) is 0.467. The molecule has 2 rings (SSSR count). The first-order valence-corrected chi connectivity index (χ1v) is 7.31. The molecule has 0 radical (unpaired) electrons. The van der Waals surface area contributed by atoms with Gasteiger partial charge < -0.3 is 14.7 Å². The van der Waals surface area contributed by atoms with E-state index in [1.54, 1.807) is 31.0 Å². The average Bonchev–Trinajstić information content (AvgIpc) is 2.88. The highest BCUT2D eigenvalue weighted by Crippen LogP contribution is 2.14. The number of anilines is 2. The van der Waals surface area contributed by atoms with E-state index in [9.17, 15) is 4.79 Å². The van der Waals surface area contributed by atoms with Gasteiger partial charge in [-0.25, -0.2) is 9.97 Å². The van der Waals surface area contributed by atoms with Crippen LogP contribution in [0.4, 0.5) is 11.8 Å². The van der Waals surface area contributed by atoms with Gasteiger partial charge in [-0.1, -0.05) is 18.5 Å². The van der Waals surface area contributed by atoms with E-state index < -0.39 is 0 Å². The Morgan fingerprint density at radius 2 is 2.09 bits per heavy atom. The molecular weight excluding hydrogens is 282 g/mol. The Morgan fingerprint density at radius 1 is 1.32 bits per heavy atom. The van der Waals surface area contributed by atoms with Crippen molar-refractivity contribution >= 4 is 17.7 Å². The Hall–Kier alpha value is -2.44. The van der Waals surface area contributed by atoms with E-state index in [0.29, 0.717) is 35.5 Å². The van der Waals surface area contributed by atoms with E-state index in [2.05, 4.69) is 27.4 Å². The summed E-state index contributed by atoms with van der Waals surface area (Å²) in [7, 11) is 1.78. The van der Waals surface area contributed by atoms with E-state index in [1.165, 1.54) is 0 Å². The lowest BCUT2D eigenvalue weighted by Crippen LogP contribution is -2.28. The molecule has 0 fully saturated rings. The van der Waals surface area contributed by atoms with Gasteiger partial charge in [0.1, 0.15) is 11.5 Å². The van der Waals surface area contributed by atoms with Crippen molar-refractivity contribution in [2.24, 2.45) is 0 Å². The van der Waals surface area contributed by atoms with Crippen LogP contribution in [0.15, 0.2) is 16.7 Å². The molecule has 118 valence electrons. The number of aromatic nitrogens is 3. The van der Waals surface area contributed by atoms with Crippen molar-refractivity contribution in [2.45, 2.75) is 33.6 Å². The number of nitrogens with one attached hydrogen (secondary N) is 1. The molecule has 0 aliphatic carbocycles. The summed E-state index contributed by atoms with van der Waals surface area (Å²) in [5.74, 6) is 1.42. The molecule has 2 aromatic heterocycles. The van der Waals surface area contributed by atoms with Crippen molar-refractivity contribution in [1.29, 1.82) is 0 Å². The monoisotopic (exact) mass is 303 g/mol. The second-order valence-corrected chi connectivity index (χ2v) is 5.25. The third-order valence-corrected chi connectivity index (χ3v) is 3.13. The summed E-state index contributed by atoms with van der Waals surface area (Å²) in [4.78, 5) is 22.6. The predicted molar refractivity (Wildman–Crippen MR) is 83.2 cm³/mol. The molecule has 7 nitrogen and oxygen atoms in total. The molecule has 7 heteroatoms. The highest BCUT2D eigenvalue weighted by atomic mass is 16.5. The predicted octanol–water partition coefficient (Wildman–Crippen LogP) is 2.70. The molecule has 1 N–H and O–H groups in total. The molecule has 0 saturated heterocycles. The molecule has 0 aromatic carbocycles. The maximum atomic E-state index is 12.4. The van der Waals surface area contributed by atoms with Gasteiger partial charge in [-0.15, -0.1) is 0 Å². The fourth-order valence-corrected chi connectivity index (χ4v) is 1.97. The number of hydrogen-bond acceptors (Lipinski definition) is 6. The molecule has 0 spiro atoms. The van der Waals surface area contributed by atoms with Crippen LogP contribution in [0.3, 0.4) is 0 Å². The van der Waals surface area contributed by atoms with E-state index in [1.807, 2.05) is 6.92 Å². The van der Waals surface area contributed by atoms with Crippen LogP contribution in [0.25, 0.3) is 0 Å². The minimum atomic E-state index is -0.113. The lowest BCUT2D eigenvalue weighted by molar-refractivity contribution is 0.0787. The van der Waals surface area contributed by atoms with Gasteiger partial charge in [0.15, 0.2) is 5.82 Å². The summed E-state index contributed by atoms with van der Waals surface area (Å²) >= 11 is 0. The molecule has 22 heavy (non-hydrogen) atoms. The molecule has 1 amide bonds. The lowest BCUT2D eigenvalue weighted by Gasteiger charge is -2.16. The van der Waals surface area contributed by atoms with Gasteiger partial charge in [-0.3, -0.25) is 4.79 Å². The second kappa shape index (κ2) is 7.02. The quantitative estimate of drug-likeness (QED) is 0.883. The van der Waals surface area contributed by atoms with Crippen LogP contribution in [-0.2, 0) is 0 Å². The Labute approximate surface area is 129 Å². The highest BCUT2D eigenvalue weighted by molar-refractivity contribution is 5.92. The first kappa shape index (κ1) is 15.9. The lowest BCUT2D eigenvalue weighted by atomic mass is 10.2. The minimum absolute atomic E-state index is 0.113. The van der Waals surface area contributed by atoms with Crippen LogP contribution in [0.2, 0.25) is 0 Å². The van der Waals surface area contributed by atoms with Crippen molar-refractivity contribution in [3.05, 3.63) is 29.3 Å². The molecule has 0 aliphatic rings. The number of nitrogens with zero attached hydrogens (tertiary/aromatic N) is 4. The van der Waals surface area contributed by atoms with Crippen LogP contribution in [0.5, 0.6) is 0 Å². The van der Waals surface area contributed by atoms with Crippen molar-refractivity contribution in [1.82, 2.24) is 20.0 Å². The topological polar surface area (TPSA) is 84.2 Å². The summed E-state index contributed by atoms with van der Waals surface area (Å²) in [6.45, 7) is 6.43. The van der Waals surface area contributed by atoms with Crippen LogP contribution < -0.4 is 5.32 Å². The Morgan fingerprint density at radius 3 is 2.73 bits per heavy atom. The maximum Gasteiger partial charge on any atom is 0.272 e. The largest absolute Gasteiger partial charge is 0.360 e. The fourth-order valence-electron chi connectivity index (χ4n) is 1.97. The minimum Gasteiger partial charge on any atom is -0.360 e. The van der Waals surface area contributed by atoms with Gasteiger partial charge in [0.2, 0.25) is 5.95 Å². The number of rotatable bonds is 6. The van der Waals surface area contributed by atoms with E-state index in [-0.39, 0.29) is 5.91 Å². The zero-order valence-electron chi connectivity index (χ0n) is 13.4. The number of amides is 1. The third kappa shape index (κ3) is 4.03. The Balaban J connectivity index is 2.17. The van der Waals surface area contributed by atoms with Crippen LogP contribution >= 0.6 is 0 Å². The smallest absolute Gasteiger partial charge is 0.272 e. The number of hydrogen-bond donors (Lipinski definition) is 1. The summed E-state index contributed by atoms with van der Waals surface area (Å²) in [6.07, 6.45) is 2.01. The van der Waals surface area contributed by atoms with Gasteiger partial charge in [-0.05, 0) is 26.3 Å². The number of carbonyl (C=O) groups excluding carboxylic acids is 1. The average molecular weight is 303 g/mol. The van der Waals surface area contributed by atoms with E-state index in [0.717, 1.165) is 12.8 Å². The normalized spacial score (nSPS) is 10.5. The summed E-state index contributed by atoms with van der Waals surface area (Å²) in [5.41, 5.74) is 1.08. The van der Waals surface area contributed by atoms with Gasteiger partial charge in [-0.2, -0.15) is 0 Å². The highest BCUT2D eigenvalue weighted by Gasteiger charge is 2.15. The number of carbonyl (C=O) groups is 1. The first-order chi connectivity index (χ1) is 10.5. The summed E-state index contributed by atoms with van der Waals surface area (Å²) in [5, 5.41) is 6.77. The van der Waals surface area contributed by atoms with Crippen LogP contribution in [0.1, 0.15) is 41.7 Å². The Kier molecular flexibility index (Phi) is 5.08. The van der Waals surface area contributed by atoms with E-state index in [4.69, 9.17) is 4.52 Å². The number of unbranched alkanes of at least 4 members (excludes halogenated alkanes) is 1. The van der Waals surface area contributed by atoms with Crippen molar-refractivity contribution in [3.63, 3.8) is 0 Å². The van der Waals surface area contributed by atoms with Gasteiger partial charge >= 0.3 is 0 Å². The molecule has 0 saturated carbocycles. The maximum absolute atomic E-state index is 12.4. The molecule has 2 heterocycles. The van der Waals surface area contributed by atoms with Crippen molar-refractivity contribution in [2.75, 3.05) is 18.9 Å². The Bertz CT molecular complexity index is 653. The first-order valence-electron chi connectivity index (χ1n) is 7.31. The summed E-state index contributed by atoms with van der Waals surface area (Å²) < 4.78 is 4.98. The van der Waals surface area contributed by atoms with Crippen LogP contribution in [-0.4, -0.2) is 39.5 Å². The zero-order valence-corrected chi connectivity index (χ0v) is 13.4. The van der Waals surface area contributed by atoms with Crippen molar-refractivity contribution < 1.29 is 9.32 Å². The molecule has 0 bridgehead atoms. The zero-order chi connectivity index (χ0) is 16.1. The SMILES string of the molecule is CCCCN(C)C(=O)c1cc(C)nc(Nc2cc(C)on2)n1. The second-order valence-electron chi connectivity index (χ2n) is 5.25. The van der Waals surface area contributed by atoms with E-state index >= 15 is 0 Å². The standard InChI is InChI=1S/C15H21N5O2/c1-5-6-7-20(4)14(21)12-8-10(2)16-15(17-12)18-13-9-11(3)22-19-13/h8-9H,5-7H2,1-4H3,(H,16,17,18,19). The third-order valence-electron chi connectivity index (χ3n) is 3.13. The summed E-state index contributed by atoms with van der Waals surface area (Å²) in [6, 6.07) is 3.42. The molecule has 2 aromatic rings. The molecule has 0 atom stereocenters. The molecular formula is C15H21N5O2.